The first kappa shape index (κ1) is 19.1. The molecule has 1 unspecified atom stereocenters. The number of piperidine rings is 1. The van der Waals surface area contributed by atoms with Crippen molar-refractivity contribution in [3.63, 3.8) is 0 Å². The van der Waals surface area contributed by atoms with E-state index in [1.165, 1.54) is 24.8 Å². The van der Waals surface area contributed by atoms with Crippen LogP contribution in [0.15, 0.2) is 29.3 Å². The molecule has 0 amide bonds. The molecule has 136 valence electrons. The van der Waals surface area contributed by atoms with E-state index < -0.39 is 0 Å². The fraction of sp³-hybridized carbons (Fsp3) is 0.550. The van der Waals surface area contributed by atoms with E-state index in [1.807, 2.05) is 12.1 Å². The first-order chi connectivity index (χ1) is 12.3. The molecule has 25 heavy (non-hydrogen) atoms. The highest BCUT2D eigenvalue weighted by molar-refractivity contribution is 5.80. The van der Waals surface area contributed by atoms with Crippen LogP contribution >= 0.6 is 0 Å². The van der Waals surface area contributed by atoms with E-state index in [4.69, 9.17) is 16.2 Å². The predicted octanol–water partition coefficient (Wildman–Crippen LogP) is 2.41. The second-order valence-corrected chi connectivity index (χ2v) is 6.13. The Morgan fingerprint density at radius 1 is 1.28 bits per heavy atom. The van der Waals surface area contributed by atoms with E-state index in [0.29, 0.717) is 13.1 Å². The second-order valence-electron chi connectivity index (χ2n) is 6.13. The first-order valence-electron chi connectivity index (χ1n) is 9.12. The van der Waals surface area contributed by atoms with Gasteiger partial charge in [-0.15, -0.1) is 6.42 Å². The molecule has 0 saturated carbocycles. The number of para-hydroxylation sites is 1. The summed E-state index contributed by atoms with van der Waals surface area (Å²) in [5, 5.41) is 6.41. The van der Waals surface area contributed by atoms with Crippen molar-refractivity contribution in [1.82, 2.24) is 15.5 Å². The van der Waals surface area contributed by atoms with Gasteiger partial charge in [0.25, 0.3) is 0 Å². The predicted molar refractivity (Wildman–Crippen MR) is 104 cm³/mol. The van der Waals surface area contributed by atoms with Crippen LogP contribution in [0.5, 0.6) is 5.75 Å². The Morgan fingerprint density at radius 3 is 2.72 bits per heavy atom. The summed E-state index contributed by atoms with van der Waals surface area (Å²) in [7, 11) is 1.73. The van der Waals surface area contributed by atoms with E-state index in [9.17, 15) is 0 Å². The van der Waals surface area contributed by atoms with Crippen LogP contribution in [0, 0.1) is 12.3 Å². The highest BCUT2D eigenvalue weighted by atomic mass is 16.5. The molecule has 0 aliphatic carbocycles. The molecule has 1 atom stereocenters. The minimum Gasteiger partial charge on any atom is -0.496 e. The van der Waals surface area contributed by atoms with Crippen LogP contribution in [0.1, 0.15) is 37.8 Å². The zero-order chi connectivity index (χ0) is 17.9. The largest absolute Gasteiger partial charge is 0.496 e. The summed E-state index contributed by atoms with van der Waals surface area (Å²) in [5.74, 6) is 4.28. The van der Waals surface area contributed by atoms with Crippen LogP contribution in [-0.4, -0.2) is 50.7 Å². The molecular weight excluding hydrogens is 312 g/mol. The molecular formula is C20H30N4O. The lowest BCUT2D eigenvalue weighted by Gasteiger charge is -2.34. The molecule has 5 heteroatoms. The highest BCUT2D eigenvalue weighted by Crippen LogP contribution is 2.31. The molecule has 1 aliphatic heterocycles. The number of likely N-dealkylation sites (tertiary alicyclic amines) is 1. The summed E-state index contributed by atoms with van der Waals surface area (Å²) in [4.78, 5) is 7.30. The van der Waals surface area contributed by atoms with Gasteiger partial charge in [-0.1, -0.05) is 30.5 Å². The summed E-state index contributed by atoms with van der Waals surface area (Å²) in [6, 6.07) is 8.46. The van der Waals surface area contributed by atoms with Crippen LogP contribution in [0.4, 0.5) is 0 Å². The summed E-state index contributed by atoms with van der Waals surface area (Å²) < 4.78 is 5.60. The van der Waals surface area contributed by atoms with Crippen molar-refractivity contribution < 1.29 is 4.74 Å². The zero-order valence-corrected chi connectivity index (χ0v) is 15.4. The van der Waals surface area contributed by atoms with Crippen LogP contribution < -0.4 is 15.4 Å². The number of guanidine groups is 1. The lowest BCUT2D eigenvalue weighted by Crippen LogP contribution is -2.39. The molecule has 1 aromatic rings. The quantitative estimate of drug-likeness (QED) is 0.454. The van der Waals surface area contributed by atoms with Crippen LogP contribution in [-0.2, 0) is 0 Å². The van der Waals surface area contributed by atoms with E-state index in [-0.39, 0.29) is 6.04 Å². The summed E-state index contributed by atoms with van der Waals surface area (Å²) >= 11 is 0. The number of nitrogens with one attached hydrogen (secondary N) is 2. The third-order valence-corrected chi connectivity index (χ3v) is 4.45. The molecule has 2 N–H and O–H groups in total. The van der Waals surface area contributed by atoms with Crippen molar-refractivity contribution in [3.8, 4) is 18.1 Å². The average Bonchev–Trinajstić information content (AvgIpc) is 2.67. The van der Waals surface area contributed by atoms with E-state index in [0.717, 1.165) is 31.3 Å². The number of hydrogen-bond acceptors (Lipinski definition) is 3. The number of terminal acetylenes is 1. The molecule has 1 aliphatic rings. The summed E-state index contributed by atoms with van der Waals surface area (Å²) in [5.41, 5.74) is 1.20. The molecule has 1 saturated heterocycles. The van der Waals surface area contributed by atoms with Gasteiger partial charge >= 0.3 is 0 Å². The maximum absolute atomic E-state index is 5.60. The van der Waals surface area contributed by atoms with Gasteiger partial charge in [-0.25, -0.2) is 0 Å². The second kappa shape index (κ2) is 10.6. The van der Waals surface area contributed by atoms with Crippen molar-refractivity contribution >= 4 is 5.96 Å². The Balaban J connectivity index is 2.23. The van der Waals surface area contributed by atoms with Crippen molar-refractivity contribution in [2.45, 2.75) is 32.2 Å². The maximum Gasteiger partial charge on any atom is 0.192 e. The van der Waals surface area contributed by atoms with Gasteiger partial charge in [-0.2, -0.15) is 0 Å². The Labute approximate surface area is 151 Å². The topological polar surface area (TPSA) is 48.9 Å². The van der Waals surface area contributed by atoms with Gasteiger partial charge in [0.15, 0.2) is 5.96 Å². The third-order valence-electron chi connectivity index (χ3n) is 4.45. The maximum atomic E-state index is 5.60. The van der Waals surface area contributed by atoms with E-state index >= 15 is 0 Å². The Morgan fingerprint density at radius 2 is 2.04 bits per heavy atom. The smallest absolute Gasteiger partial charge is 0.192 e. The fourth-order valence-corrected chi connectivity index (χ4v) is 3.24. The fourth-order valence-electron chi connectivity index (χ4n) is 3.24. The van der Waals surface area contributed by atoms with Gasteiger partial charge in [0.2, 0.25) is 0 Å². The van der Waals surface area contributed by atoms with Gasteiger partial charge in [0.05, 0.1) is 26.2 Å². The average molecular weight is 342 g/mol. The molecule has 1 fully saturated rings. The van der Waals surface area contributed by atoms with Crippen LogP contribution in [0.2, 0.25) is 0 Å². The highest BCUT2D eigenvalue weighted by Gasteiger charge is 2.24. The third kappa shape index (κ3) is 5.68. The number of hydrogen-bond donors (Lipinski definition) is 2. The number of benzene rings is 1. The van der Waals surface area contributed by atoms with Gasteiger partial charge < -0.3 is 15.4 Å². The zero-order valence-electron chi connectivity index (χ0n) is 15.4. The van der Waals surface area contributed by atoms with Crippen LogP contribution in [0.3, 0.4) is 0 Å². The van der Waals surface area contributed by atoms with Crippen molar-refractivity contribution in [1.29, 1.82) is 0 Å². The monoisotopic (exact) mass is 342 g/mol. The number of aliphatic imine (C=N–C) groups is 1. The number of rotatable bonds is 7. The Bertz CT molecular complexity index is 588. The number of ether oxygens (including phenoxy) is 1. The number of methoxy groups -OCH3 is 1. The molecule has 0 radical (unpaired) electrons. The lowest BCUT2D eigenvalue weighted by atomic mass is 10.0. The minimum absolute atomic E-state index is 0.206. The van der Waals surface area contributed by atoms with E-state index in [1.54, 1.807) is 7.11 Å². The number of nitrogens with zero attached hydrogens (tertiary/aromatic N) is 2. The first-order valence-corrected chi connectivity index (χ1v) is 9.12. The standard InChI is InChI=1S/C20H30N4O/c1-4-13-22-20(21-5-2)23-16-18(24-14-9-6-10-15-24)17-11-7-8-12-19(17)25-3/h1,7-8,11-12,18H,5-6,9-10,13-16H2,2-3H3,(H2,21,22,23). The molecule has 0 bridgehead atoms. The van der Waals surface area contributed by atoms with Gasteiger partial charge in [0.1, 0.15) is 5.75 Å². The molecule has 0 spiro atoms. The van der Waals surface area contributed by atoms with Gasteiger partial charge in [-0.05, 0) is 38.9 Å². The van der Waals surface area contributed by atoms with Gasteiger partial charge in [-0.3, -0.25) is 9.89 Å². The Hall–Kier alpha value is -2.19. The molecule has 1 heterocycles. The lowest BCUT2D eigenvalue weighted by molar-refractivity contribution is 0.165. The Kier molecular flexibility index (Phi) is 8.14. The normalized spacial score (nSPS) is 16.8. The summed E-state index contributed by atoms with van der Waals surface area (Å²) in [6.45, 7) is 6.20. The van der Waals surface area contributed by atoms with Crippen LogP contribution in [0.25, 0.3) is 0 Å². The minimum atomic E-state index is 0.206. The molecule has 0 aromatic heterocycles. The molecule has 2 rings (SSSR count). The molecule has 1 aromatic carbocycles. The van der Waals surface area contributed by atoms with Crippen molar-refractivity contribution in [3.05, 3.63) is 29.8 Å². The molecule has 5 nitrogen and oxygen atoms in total. The van der Waals surface area contributed by atoms with E-state index in [2.05, 4.69) is 40.5 Å². The van der Waals surface area contributed by atoms with Crippen molar-refractivity contribution in [2.24, 2.45) is 4.99 Å². The van der Waals surface area contributed by atoms with Crippen molar-refractivity contribution in [2.75, 3.05) is 39.8 Å². The van der Waals surface area contributed by atoms with Gasteiger partial charge in [0, 0.05) is 12.1 Å². The SMILES string of the molecule is C#CCNC(=NCC(c1ccccc1OC)N1CCCCC1)NCC. The summed E-state index contributed by atoms with van der Waals surface area (Å²) in [6.07, 6.45) is 9.15.